The van der Waals surface area contributed by atoms with E-state index in [-0.39, 0.29) is 0 Å². The van der Waals surface area contributed by atoms with Crippen molar-refractivity contribution in [3.05, 3.63) is 35.0 Å². The van der Waals surface area contributed by atoms with Crippen molar-refractivity contribution in [2.24, 2.45) is 5.41 Å². The van der Waals surface area contributed by atoms with Gasteiger partial charge >= 0.3 is 0 Å². The van der Waals surface area contributed by atoms with E-state index < -0.39 is 0 Å². The molecule has 3 heteroatoms. The minimum absolute atomic E-state index is 0.297. The van der Waals surface area contributed by atoms with E-state index in [9.17, 15) is 0 Å². The molecule has 114 valence electrons. The zero-order valence-corrected chi connectivity index (χ0v) is 13.7. The van der Waals surface area contributed by atoms with E-state index >= 15 is 0 Å². The molecular formula is C18H24ClNO. The van der Waals surface area contributed by atoms with Gasteiger partial charge in [0.15, 0.2) is 0 Å². The zero-order chi connectivity index (χ0) is 14.9. The SMILES string of the molecule is CCCNC(c1cc2cc(Cl)ccc2o1)C1(C)CCCC1. The van der Waals surface area contributed by atoms with Crippen LogP contribution in [0.4, 0.5) is 0 Å². The lowest BCUT2D eigenvalue weighted by Crippen LogP contribution is -2.34. The van der Waals surface area contributed by atoms with Gasteiger partial charge in [0, 0.05) is 10.4 Å². The zero-order valence-electron chi connectivity index (χ0n) is 12.9. The average molecular weight is 306 g/mol. The van der Waals surface area contributed by atoms with Crippen molar-refractivity contribution in [3.8, 4) is 0 Å². The molecule has 0 radical (unpaired) electrons. The molecular weight excluding hydrogens is 282 g/mol. The van der Waals surface area contributed by atoms with E-state index in [0.29, 0.717) is 11.5 Å². The molecule has 1 fully saturated rings. The van der Waals surface area contributed by atoms with Crippen LogP contribution in [0.1, 0.15) is 57.8 Å². The van der Waals surface area contributed by atoms with Gasteiger partial charge in [0.2, 0.25) is 0 Å². The lowest BCUT2D eigenvalue weighted by Gasteiger charge is -2.33. The largest absolute Gasteiger partial charge is 0.459 e. The van der Waals surface area contributed by atoms with Gasteiger partial charge in [0.25, 0.3) is 0 Å². The molecule has 1 N–H and O–H groups in total. The Labute approximate surface area is 131 Å². The van der Waals surface area contributed by atoms with Crippen molar-refractivity contribution in [1.29, 1.82) is 0 Å². The fraction of sp³-hybridized carbons (Fsp3) is 0.556. The molecule has 1 aromatic heterocycles. The Morgan fingerprint density at radius 2 is 2.05 bits per heavy atom. The third-order valence-electron chi connectivity index (χ3n) is 4.82. The topological polar surface area (TPSA) is 25.2 Å². The summed E-state index contributed by atoms with van der Waals surface area (Å²) < 4.78 is 6.14. The highest BCUT2D eigenvalue weighted by Crippen LogP contribution is 2.48. The molecule has 1 aliphatic rings. The minimum Gasteiger partial charge on any atom is -0.459 e. The maximum Gasteiger partial charge on any atom is 0.134 e. The number of halogens is 1. The maximum absolute atomic E-state index is 6.14. The van der Waals surface area contributed by atoms with E-state index in [4.69, 9.17) is 16.0 Å². The molecule has 1 unspecified atom stereocenters. The molecule has 1 aliphatic carbocycles. The second-order valence-electron chi connectivity index (χ2n) is 6.58. The Kier molecular flexibility index (Phi) is 4.28. The fourth-order valence-corrected chi connectivity index (χ4v) is 3.81. The first-order valence-electron chi connectivity index (χ1n) is 8.05. The van der Waals surface area contributed by atoms with Crippen molar-refractivity contribution < 1.29 is 4.42 Å². The second kappa shape index (κ2) is 6.02. The van der Waals surface area contributed by atoms with Gasteiger partial charge in [-0.25, -0.2) is 0 Å². The molecule has 1 saturated carbocycles. The summed E-state index contributed by atoms with van der Waals surface area (Å²) in [5.74, 6) is 1.06. The van der Waals surface area contributed by atoms with Crippen LogP contribution in [-0.4, -0.2) is 6.54 Å². The summed E-state index contributed by atoms with van der Waals surface area (Å²) in [6.45, 7) is 5.63. The van der Waals surface area contributed by atoms with Crippen LogP contribution >= 0.6 is 11.6 Å². The molecule has 0 aliphatic heterocycles. The van der Waals surface area contributed by atoms with Crippen LogP contribution in [0.15, 0.2) is 28.7 Å². The fourth-order valence-electron chi connectivity index (χ4n) is 3.63. The summed E-state index contributed by atoms with van der Waals surface area (Å²) in [4.78, 5) is 0. The third-order valence-corrected chi connectivity index (χ3v) is 5.06. The molecule has 3 rings (SSSR count). The minimum atomic E-state index is 0.297. The van der Waals surface area contributed by atoms with E-state index in [0.717, 1.165) is 34.7 Å². The number of hydrogen-bond donors (Lipinski definition) is 1. The lowest BCUT2D eigenvalue weighted by molar-refractivity contribution is 0.199. The van der Waals surface area contributed by atoms with E-state index in [2.05, 4.69) is 25.2 Å². The number of benzene rings is 1. The Balaban J connectivity index is 1.96. The second-order valence-corrected chi connectivity index (χ2v) is 7.02. The van der Waals surface area contributed by atoms with E-state index in [1.165, 1.54) is 25.7 Å². The summed E-state index contributed by atoms with van der Waals surface area (Å²) in [6.07, 6.45) is 6.33. The van der Waals surface area contributed by atoms with Crippen LogP contribution < -0.4 is 5.32 Å². The molecule has 0 saturated heterocycles. The van der Waals surface area contributed by atoms with Crippen molar-refractivity contribution in [1.82, 2.24) is 5.32 Å². The molecule has 0 bridgehead atoms. The molecule has 1 aromatic carbocycles. The number of hydrogen-bond acceptors (Lipinski definition) is 2. The van der Waals surface area contributed by atoms with Gasteiger partial charge in [-0.05, 0) is 55.5 Å². The van der Waals surface area contributed by atoms with Crippen molar-refractivity contribution in [3.63, 3.8) is 0 Å². The van der Waals surface area contributed by atoms with Crippen LogP contribution in [0.25, 0.3) is 11.0 Å². The van der Waals surface area contributed by atoms with Crippen LogP contribution in [0.3, 0.4) is 0 Å². The number of nitrogens with one attached hydrogen (secondary N) is 1. The summed E-state index contributed by atoms with van der Waals surface area (Å²) in [7, 11) is 0. The first kappa shape index (κ1) is 14.9. The highest BCUT2D eigenvalue weighted by molar-refractivity contribution is 6.31. The van der Waals surface area contributed by atoms with Crippen molar-refractivity contribution >= 4 is 22.6 Å². The van der Waals surface area contributed by atoms with E-state index in [1.54, 1.807) is 0 Å². The molecule has 0 spiro atoms. The van der Waals surface area contributed by atoms with Gasteiger partial charge in [0.1, 0.15) is 11.3 Å². The Bertz CT molecular complexity index is 613. The van der Waals surface area contributed by atoms with Crippen LogP contribution in [0, 0.1) is 5.41 Å². The lowest BCUT2D eigenvalue weighted by atomic mass is 9.79. The predicted octanol–water partition coefficient (Wildman–Crippen LogP) is 5.71. The standard InChI is InChI=1S/C18H24ClNO/c1-3-10-20-17(18(2)8-4-5-9-18)16-12-13-11-14(19)6-7-15(13)21-16/h6-7,11-12,17,20H,3-5,8-10H2,1-2H3. The molecule has 1 atom stereocenters. The maximum atomic E-state index is 6.14. The Morgan fingerprint density at radius 1 is 1.29 bits per heavy atom. The Hall–Kier alpha value is -0.990. The van der Waals surface area contributed by atoms with E-state index in [1.807, 2.05) is 18.2 Å². The van der Waals surface area contributed by atoms with Crippen LogP contribution in [0.5, 0.6) is 0 Å². The number of rotatable bonds is 5. The molecule has 21 heavy (non-hydrogen) atoms. The number of fused-ring (bicyclic) bond motifs is 1. The first-order valence-corrected chi connectivity index (χ1v) is 8.42. The smallest absolute Gasteiger partial charge is 0.134 e. The average Bonchev–Trinajstić information content (AvgIpc) is 3.06. The molecule has 0 amide bonds. The monoisotopic (exact) mass is 305 g/mol. The summed E-state index contributed by atoms with van der Waals surface area (Å²) in [5, 5.41) is 5.58. The number of furan rings is 1. The quantitative estimate of drug-likeness (QED) is 0.765. The summed E-state index contributed by atoms with van der Waals surface area (Å²) in [6, 6.07) is 8.31. The van der Waals surface area contributed by atoms with Gasteiger partial charge in [-0.15, -0.1) is 0 Å². The molecule has 2 nitrogen and oxygen atoms in total. The first-order chi connectivity index (χ1) is 10.1. The van der Waals surface area contributed by atoms with Gasteiger partial charge in [-0.3, -0.25) is 0 Å². The van der Waals surface area contributed by atoms with Gasteiger partial charge in [-0.2, -0.15) is 0 Å². The van der Waals surface area contributed by atoms with Gasteiger partial charge in [0.05, 0.1) is 6.04 Å². The molecule has 2 aromatic rings. The normalized spacial score (nSPS) is 19.2. The van der Waals surface area contributed by atoms with Gasteiger partial charge < -0.3 is 9.73 Å². The van der Waals surface area contributed by atoms with Gasteiger partial charge in [-0.1, -0.05) is 38.3 Å². The summed E-state index contributed by atoms with van der Waals surface area (Å²) >= 11 is 6.09. The van der Waals surface area contributed by atoms with Crippen LogP contribution in [0.2, 0.25) is 5.02 Å². The molecule has 1 heterocycles. The van der Waals surface area contributed by atoms with Crippen molar-refractivity contribution in [2.45, 2.75) is 52.0 Å². The highest BCUT2D eigenvalue weighted by atomic mass is 35.5. The predicted molar refractivity (Wildman–Crippen MR) is 88.8 cm³/mol. The Morgan fingerprint density at radius 3 is 2.76 bits per heavy atom. The highest BCUT2D eigenvalue weighted by Gasteiger charge is 2.39. The van der Waals surface area contributed by atoms with Crippen LogP contribution in [-0.2, 0) is 0 Å². The van der Waals surface area contributed by atoms with Crippen molar-refractivity contribution in [2.75, 3.05) is 6.54 Å². The third kappa shape index (κ3) is 2.97. The summed E-state index contributed by atoms with van der Waals surface area (Å²) in [5.41, 5.74) is 1.23.